The molecule has 3 N–H and O–H groups in total. The van der Waals surface area contributed by atoms with Crippen molar-refractivity contribution < 1.29 is 4.74 Å². The highest BCUT2D eigenvalue weighted by Gasteiger charge is 2.23. The van der Waals surface area contributed by atoms with Crippen LogP contribution < -0.4 is 11.3 Å². The van der Waals surface area contributed by atoms with Gasteiger partial charge in [0, 0.05) is 17.5 Å². The van der Waals surface area contributed by atoms with Crippen LogP contribution in [0.25, 0.3) is 0 Å². The summed E-state index contributed by atoms with van der Waals surface area (Å²) in [5, 5.41) is 2.12. The van der Waals surface area contributed by atoms with Crippen molar-refractivity contribution in [1.82, 2.24) is 5.43 Å². The van der Waals surface area contributed by atoms with E-state index >= 15 is 0 Å². The molecule has 1 fully saturated rings. The fourth-order valence-electron chi connectivity index (χ4n) is 2.21. The van der Waals surface area contributed by atoms with Crippen LogP contribution in [0.3, 0.4) is 0 Å². The Morgan fingerprint density at radius 3 is 3.12 bits per heavy atom. The van der Waals surface area contributed by atoms with Crippen LogP contribution in [-0.2, 0) is 11.2 Å². The summed E-state index contributed by atoms with van der Waals surface area (Å²) in [5.74, 6) is 5.62. The summed E-state index contributed by atoms with van der Waals surface area (Å²) in [4.78, 5) is 1.43. The second kappa shape index (κ2) is 6.35. The molecule has 1 aliphatic rings. The average Bonchev–Trinajstić information content (AvgIpc) is 2.84. The molecule has 3 nitrogen and oxygen atoms in total. The van der Waals surface area contributed by atoms with Crippen LogP contribution in [0.15, 0.2) is 17.5 Å². The zero-order valence-corrected chi connectivity index (χ0v) is 10.3. The quantitative estimate of drug-likeness (QED) is 0.612. The van der Waals surface area contributed by atoms with E-state index in [9.17, 15) is 0 Å². The van der Waals surface area contributed by atoms with Crippen molar-refractivity contribution in [2.45, 2.75) is 44.2 Å². The highest BCUT2D eigenvalue weighted by atomic mass is 32.1. The number of aryl methyl sites for hydroxylation is 1. The van der Waals surface area contributed by atoms with Crippen LogP contribution >= 0.6 is 11.3 Å². The van der Waals surface area contributed by atoms with Crippen LogP contribution in [0, 0.1) is 0 Å². The van der Waals surface area contributed by atoms with Gasteiger partial charge >= 0.3 is 0 Å². The van der Waals surface area contributed by atoms with Crippen molar-refractivity contribution in [2.75, 3.05) is 6.61 Å². The van der Waals surface area contributed by atoms with Gasteiger partial charge < -0.3 is 4.74 Å². The molecular weight excluding hydrogens is 220 g/mol. The van der Waals surface area contributed by atoms with Crippen molar-refractivity contribution in [2.24, 2.45) is 5.84 Å². The lowest BCUT2D eigenvalue weighted by atomic mass is 9.98. The van der Waals surface area contributed by atoms with Crippen molar-refractivity contribution in [3.63, 3.8) is 0 Å². The molecule has 1 aliphatic heterocycles. The Labute approximate surface area is 101 Å². The number of ether oxygens (including phenoxy) is 1. The molecule has 2 rings (SSSR count). The Bertz CT molecular complexity index is 283. The lowest BCUT2D eigenvalue weighted by Gasteiger charge is -2.29. The van der Waals surface area contributed by atoms with Gasteiger partial charge in [-0.05, 0) is 43.6 Å². The first kappa shape index (κ1) is 12.0. The van der Waals surface area contributed by atoms with E-state index in [1.807, 2.05) is 11.3 Å². The van der Waals surface area contributed by atoms with Gasteiger partial charge in [0.15, 0.2) is 0 Å². The molecular formula is C12H20N2OS. The fourth-order valence-corrected chi connectivity index (χ4v) is 2.94. The maximum Gasteiger partial charge on any atom is 0.0741 e. The van der Waals surface area contributed by atoms with E-state index in [0.717, 1.165) is 25.9 Å². The third-order valence-corrected chi connectivity index (χ3v) is 4.10. The lowest BCUT2D eigenvalue weighted by molar-refractivity contribution is -0.00917. The topological polar surface area (TPSA) is 47.3 Å². The molecule has 4 heteroatoms. The highest BCUT2D eigenvalue weighted by molar-refractivity contribution is 7.09. The number of nitrogens with two attached hydrogens (primary N) is 1. The zero-order valence-electron chi connectivity index (χ0n) is 9.52. The van der Waals surface area contributed by atoms with E-state index in [1.165, 1.54) is 17.7 Å². The fraction of sp³-hybridized carbons (Fsp3) is 0.667. The molecule has 2 atom stereocenters. The zero-order chi connectivity index (χ0) is 11.2. The van der Waals surface area contributed by atoms with Crippen LogP contribution in [0.2, 0.25) is 0 Å². The highest BCUT2D eigenvalue weighted by Crippen LogP contribution is 2.19. The van der Waals surface area contributed by atoms with Crippen molar-refractivity contribution in [3.8, 4) is 0 Å². The molecule has 1 aromatic heterocycles. The van der Waals surface area contributed by atoms with Crippen molar-refractivity contribution in [3.05, 3.63) is 22.4 Å². The van der Waals surface area contributed by atoms with E-state index in [4.69, 9.17) is 10.6 Å². The van der Waals surface area contributed by atoms with Crippen LogP contribution in [0.1, 0.15) is 30.6 Å². The number of thiophene rings is 1. The SMILES string of the molecule is NNC(CCc1cccs1)C1CCCCO1. The number of hydrogen-bond acceptors (Lipinski definition) is 4. The predicted molar refractivity (Wildman–Crippen MR) is 67.3 cm³/mol. The maximum absolute atomic E-state index is 5.76. The van der Waals surface area contributed by atoms with Crippen molar-refractivity contribution >= 4 is 11.3 Å². The van der Waals surface area contributed by atoms with Crippen LogP contribution in [0.4, 0.5) is 0 Å². The Kier molecular flexibility index (Phi) is 4.78. The van der Waals surface area contributed by atoms with E-state index in [1.54, 1.807) is 0 Å². The summed E-state index contributed by atoms with van der Waals surface area (Å²) in [6, 6.07) is 4.57. The molecule has 0 spiro atoms. The maximum atomic E-state index is 5.76. The minimum absolute atomic E-state index is 0.294. The number of hydrogen-bond donors (Lipinski definition) is 2. The van der Waals surface area contributed by atoms with E-state index in [2.05, 4.69) is 22.9 Å². The number of hydrazine groups is 1. The first-order valence-electron chi connectivity index (χ1n) is 6.00. The number of rotatable bonds is 5. The summed E-state index contributed by atoms with van der Waals surface area (Å²) in [6.07, 6.45) is 6.05. The van der Waals surface area contributed by atoms with E-state index < -0.39 is 0 Å². The van der Waals surface area contributed by atoms with Gasteiger partial charge in [-0.1, -0.05) is 6.07 Å². The Morgan fingerprint density at radius 1 is 1.56 bits per heavy atom. The molecule has 0 aromatic carbocycles. The molecule has 0 radical (unpaired) electrons. The normalized spacial score (nSPS) is 23.2. The molecule has 0 bridgehead atoms. The minimum atomic E-state index is 0.294. The minimum Gasteiger partial charge on any atom is -0.377 e. The van der Waals surface area contributed by atoms with E-state index in [-0.39, 0.29) is 0 Å². The summed E-state index contributed by atoms with van der Waals surface area (Å²) in [7, 11) is 0. The van der Waals surface area contributed by atoms with Crippen LogP contribution in [-0.4, -0.2) is 18.8 Å². The first-order valence-corrected chi connectivity index (χ1v) is 6.88. The molecule has 2 unspecified atom stereocenters. The summed E-state index contributed by atoms with van der Waals surface area (Å²) in [5.41, 5.74) is 2.91. The third-order valence-electron chi connectivity index (χ3n) is 3.16. The van der Waals surface area contributed by atoms with Gasteiger partial charge in [-0.3, -0.25) is 11.3 Å². The summed E-state index contributed by atoms with van der Waals surface area (Å²) >= 11 is 1.81. The molecule has 2 heterocycles. The van der Waals surface area contributed by atoms with Gasteiger partial charge in [-0.2, -0.15) is 0 Å². The van der Waals surface area contributed by atoms with Gasteiger partial charge in [0.25, 0.3) is 0 Å². The Hall–Kier alpha value is -0.420. The second-order valence-electron chi connectivity index (χ2n) is 4.30. The van der Waals surface area contributed by atoms with Gasteiger partial charge in [0.05, 0.1) is 6.10 Å². The van der Waals surface area contributed by atoms with Crippen molar-refractivity contribution in [1.29, 1.82) is 0 Å². The monoisotopic (exact) mass is 240 g/mol. The molecule has 0 saturated carbocycles. The van der Waals surface area contributed by atoms with Gasteiger partial charge in [0.1, 0.15) is 0 Å². The van der Waals surface area contributed by atoms with E-state index in [0.29, 0.717) is 12.1 Å². The third kappa shape index (κ3) is 3.28. The molecule has 0 amide bonds. The second-order valence-corrected chi connectivity index (χ2v) is 5.33. The molecule has 1 aromatic rings. The molecule has 90 valence electrons. The molecule has 1 saturated heterocycles. The molecule has 0 aliphatic carbocycles. The number of nitrogens with one attached hydrogen (secondary N) is 1. The predicted octanol–water partition coefficient (Wildman–Crippen LogP) is 2.08. The Balaban J connectivity index is 1.80. The van der Waals surface area contributed by atoms with Gasteiger partial charge in [-0.25, -0.2) is 0 Å². The van der Waals surface area contributed by atoms with Crippen LogP contribution in [0.5, 0.6) is 0 Å². The standard InChI is InChI=1S/C12H20N2OS/c13-14-11(12-5-1-2-8-15-12)7-6-10-4-3-9-16-10/h3-4,9,11-12,14H,1-2,5-8,13H2. The van der Waals surface area contributed by atoms with Gasteiger partial charge in [-0.15, -0.1) is 11.3 Å². The average molecular weight is 240 g/mol. The van der Waals surface area contributed by atoms with Gasteiger partial charge in [0.2, 0.25) is 0 Å². The largest absolute Gasteiger partial charge is 0.377 e. The molecule has 16 heavy (non-hydrogen) atoms. The smallest absolute Gasteiger partial charge is 0.0741 e. The lowest BCUT2D eigenvalue weighted by Crippen LogP contribution is -2.46. The summed E-state index contributed by atoms with van der Waals surface area (Å²) in [6.45, 7) is 0.891. The Morgan fingerprint density at radius 2 is 2.50 bits per heavy atom. The summed E-state index contributed by atoms with van der Waals surface area (Å²) < 4.78 is 5.76. The first-order chi connectivity index (χ1) is 7.90.